The molecule has 0 aromatic carbocycles. The van der Waals surface area contributed by atoms with Crippen LogP contribution in [0, 0.1) is 5.41 Å². The predicted octanol–water partition coefficient (Wildman–Crippen LogP) is 1.28. The van der Waals surface area contributed by atoms with Crippen LogP contribution >= 0.6 is 0 Å². The van der Waals surface area contributed by atoms with Crippen molar-refractivity contribution in [2.24, 2.45) is 5.41 Å². The molecule has 0 aromatic heterocycles. The molecule has 4 nitrogen and oxygen atoms in total. The summed E-state index contributed by atoms with van der Waals surface area (Å²) in [5.74, 6) is 0.111. The minimum atomic E-state index is -0.323. The van der Waals surface area contributed by atoms with Crippen molar-refractivity contribution in [1.82, 2.24) is 0 Å². The summed E-state index contributed by atoms with van der Waals surface area (Å²) in [5.41, 5.74) is -0.323. The van der Waals surface area contributed by atoms with E-state index in [1.807, 2.05) is 20.8 Å². The van der Waals surface area contributed by atoms with Crippen molar-refractivity contribution in [1.29, 1.82) is 0 Å². The van der Waals surface area contributed by atoms with E-state index < -0.39 is 0 Å². The van der Waals surface area contributed by atoms with E-state index in [4.69, 9.17) is 14.2 Å². The second-order valence-electron chi connectivity index (χ2n) is 4.33. The SMILES string of the molecule is COCCOCCOCC(=O)C(C)(C)C. The van der Waals surface area contributed by atoms with E-state index >= 15 is 0 Å². The molecule has 0 amide bonds. The number of ether oxygens (including phenoxy) is 3. The molecule has 0 unspecified atom stereocenters. The Kier molecular flexibility index (Phi) is 7.56. The van der Waals surface area contributed by atoms with Crippen molar-refractivity contribution >= 4 is 5.78 Å². The Bertz CT molecular complexity index is 172. The predicted molar refractivity (Wildman–Crippen MR) is 58.0 cm³/mol. The minimum Gasteiger partial charge on any atom is -0.382 e. The molecule has 0 aliphatic carbocycles. The molecule has 4 heteroatoms. The fraction of sp³-hybridized carbons (Fsp3) is 0.909. The van der Waals surface area contributed by atoms with E-state index in [-0.39, 0.29) is 17.8 Å². The van der Waals surface area contributed by atoms with Gasteiger partial charge in [0, 0.05) is 12.5 Å². The summed E-state index contributed by atoms with van der Waals surface area (Å²) in [6.07, 6.45) is 0. The summed E-state index contributed by atoms with van der Waals surface area (Å²) < 4.78 is 15.2. The smallest absolute Gasteiger partial charge is 0.163 e. The number of methoxy groups -OCH3 is 1. The standard InChI is InChI=1S/C11H22O4/c1-11(2,3)10(12)9-15-8-7-14-6-5-13-4/h5-9H2,1-4H3. The molecule has 0 fully saturated rings. The Morgan fingerprint density at radius 1 is 1.00 bits per heavy atom. The number of rotatable bonds is 8. The first-order valence-corrected chi connectivity index (χ1v) is 5.16. The van der Waals surface area contributed by atoms with E-state index in [9.17, 15) is 4.79 Å². The van der Waals surface area contributed by atoms with Crippen LogP contribution in [0.25, 0.3) is 0 Å². The Balaban J connectivity index is 3.28. The zero-order valence-corrected chi connectivity index (χ0v) is 10.2. The van der Waals surface area contributed by atoms with Crippen molar-refractivity contribution in [2.45, 2.75) is 20.8 Å². The maximum atomic E-state index is 11.4. The highest BCUT2D eigenvalue weighted by Crippen LogP contribution is 2.14. The number of carbonyl (C=O) groups is 1. The van der Waals surface area contributed by atoms with Crippen LogP contribution in [0.15, 0.2) is 0 Å². The van der Waals surface area contributed by atoms with Crippen molar-refractivity contribution in [3.05, 3.63) is 0 Å². The Labute approximate surface area is 91.9 Å². The average molecular weight is 218 g/mol. The van der Waals surface area contributed by atoms with Gasteiger partial charge >= 0.3 is 0 Å². The van der Waals surface area contributed by atoms with Crippen molar-refractivity contribution in [3.63, 3.8) is 0 Å². The normalized spacial score (nSPS) is 11.7. The quantitative estimate of drug-likeness (QED) is 0.576. The van der Waals surface area contributed by atoms with Crippen LogP contribution in [0.5, 0.6) is 0 Å². The number of carbonyl (C=O) groups excluding carboxylic acids is 1. The lowest BCUT2D eigenvalue weighted by molar-refractivity contribution is -0.131. The summed E-state index contributed by atoms with van der Waals surface area (Å²) >= 11 is 0. The van der Waals surface area contributed by atoms with Crippen LogP contribution in [-0.2, 0) is 19.0 Å². The third-order valence-electron chi connectivity index (χ3n) is 1.87. The van der Waals surface area contributed by atoms with Gasteiger partial charge < -0.3 is 14.2 Å². The van der Waals surface area contributed by atoms with Crippen LogP contribution in [0.2, 0.25) is 0 Å². The Hall–Kier alpha value is -0.450. The largest absolute Gasteiger partial charge is 0.382 e. The molecule has 0 saturated heterocycles. The molecule has 0 aliphatic heterocycles. The maximum absolute atomic E-state index is 11.4. The van der Waals surface area contributed by atoms with E-state index in [0.717, 1.165) is 0 Å². The van der Waals surface area contributed by atoms with Gasteiger partial charge in [0.2, 0.25) is 0 Å². The Morgan fingerprint density at radius 2 is 1.53 bits per heavy atom. The van der Waals surface area contributed by atoms with Gasteiger partial charge in [0.15, 0.2) is 5.78 Å². The number of ketones is 1. The average Bonchev–Trinajstić information content (AvgIpc) is 2.14. The molecule has 0 N–H and O–H groups in total. The van der Waals surface area contributed by atoms with E-state index in [1.54, 1.807) is 7.11 Å². The molecule has 15 heavy (non-hydrogen) atoms. The lowest BCUT2D eigenvalue weighted by atomic mass is 9.91. The fourth-order valence-corrected chi connectivity index (χ4v) is 0.744. The molecular formula is C11H22O4. The molecule has 90 valence electrons. The van der Waals surface area contributed by atoms with Crippen molar-refractivity contribution in [2.75, 3.05) is 40.1 Å². The summed E-state index contributed by atoms with van der Waals surface area (Å²) in [5, 5.41) is 0. The molecule has 0 heterocycles. The maximum Gasteiger partial charge on any atom is 0.163 e. The van der Waals surface area contributed by atoms with Gasteiger partial charge in [-0.15, -0.1) is 0 Å². The van der Waals surface area contributed by atoms with E-state index in [1.165, 1.54) is 0 Å². The highest BCUT2D eigenvalue weighted by atomic mass is 16.5. The van der Waals surface area contributed by atoms with Crippen LogP contribution in [0.4, 0.5) is 0 Å². The third kappa shape index (κ3) is 8.54. The molecular weight excluding hydrogens is 196 g/mol. The lowest BCUT2D eigenvalue weighted by Gasteiger charge is -2.16. The van der Waals surface area contributed by atoms with Crippen molar-refractivity contribution in [3.8, 4) is 0 Å². The highest BCUT2D eigenvalue weighted by molar-refractivity contribution is 5.84. The van der Waals surface area contributed by atoms with E-state index in [2.05, 4.69) is 0 Å². The van der Waals surface area contributed by atoms with Crippen molar-refractivity contribution < 1.29 is 19.0 Å². The molecule has 0 saturated carbocycles. The van der Waals surface area contributed by atoms with Crippen LogP contribution in [0.1, 0.15) is 20.8 Å². The highest BCUT2D eigenvalue weighted by Gasteiger charge is 2.20. The molecule has 0 aliphatic rings. The van der Waals surface area contributed by atoms with Gasteiger partial charge in [0.1, 0.15) is 6.61 Å². The zero-order chi connectivity index (χ0) is 11.7. The second-order valence-corrected chi connectivity index (χ2v) is 4.33. The number of hydrogen-bond acceptors (Lipinski definition) is 4. The number of hydrogen-bond donors (Lipinski definition) is 0. The Morgan fingerprint density at radius 3 is 2.07 bits per heavy atom. The first kappa shape index (κ1) is 14.6. The van der Waals surface area contributed by atoms with Gasteiger partial charge in [0.25, 0.3) is 0 Å². The van der Waals surface area contributed by atoms with Gasteiger partial charge in [-0.25, -0.2) is 0 Å². The summed E-state index contributed by atoms with van der Waals surface area (Å²) in [6.45, 7) is 7.91. The van der Waals surface area contributed by atoms with Crippen LogP contribution < -0.4 is 0 Å². The monoisotopic (exact) mass is 218 g/mol. The molecule has 0 aromatic rings. The lowest BCUT2D eigenvalue weighted by Crippen LogP contribution is -2.25. The number of Topliss-reactive ketones (excluding diaryl/α,β-unsaturated/α-hetero) is 1. The zero-order valence-electron chi connectivity index (χ0n) is 10.2. The fourth-order valence-electron chi connectivity index (χ4n) is 0.744. The summed E-state index contributed by atoms with van der Waals surface area (Å²) in [7, 11) is 1.63. The van der Waals surface area contributed by atoms with Gasteiger partial charge in [-0.2, -0.15) is 0 Å². The molecule has 0 radical (unpaired) electrons. The van der Waals surface area contributed by atoms with Gasteiger partial charge in [-0.3, -0.25) is 4.79 Å². The molecule has 0 atom stereocenters. The van der Waals surface area contributed by atoms with Gasteiger partial charge in [-0.05, 0) is 0 Å². The minimum absolute atomic E-state index is 0.111. The third-order valence-corrected chi connectivity index (χ3v) is 1.87. The van der Waals surface area contributed by atoms with Crippen LogP contribution in [-0.4, -0.2) is 45.9 Å². The van der Waals surface area contributed by atoms with Gasteiger partial charge in [0.05, 0.1) is 26.4 Å². The molecule has 0 rings (SSSR count). The summed E-state index contributed by atoms with van der Waals surface area (Å²) in [6, 6.07) is 0. The topological polar surface area (TPSA) is 44.8 Å². The second kappa shape index (κ2) is 7.79. The van der Waals surface area contributed by atoms with Crippen LogP contribution in [0.3, 0.4) is 0 Å². The van der Waals surface area contributed by atoms with E-state index in [0.29, 0.717) is 26.4 Å². The van der Waals surface area contributed by atoms with Gasteiger partial charge in [-0.1, -0.05) is 20.8 Å². The first-order valence-electron chi connectivity index (χ1n) is 5.16. The molecule has 0 spiro atoms. The summed E-state index contributed by atoms with van der Waals surface area (Å²) in [4.78, 5) is 11.4. The molecule has 0 bridgehead atoms. The first-order chi connectivity index (χ1) is 6.98.